The molecular formula is C12H9Cl2NO2S2. The number of hydrogen-bond donors (Lipinski definition) is 0. The fraction of sp³-hybridized carbons (Fsp3) is 0.167. The summed E-state index contributed by atoms with van der Waals surface area (Å²) >= 11 is 13.0. The van der Waals surface area contributed by atoms with Gasteiger partial charge in [-0.15, -0.1) is 11.3 Å². The van der Waals surface area contributed by atoms with Crippen molar-refractivity contribution in [2.45, 2.75) is 10.6 Å². The molecule has 7 heteroatoms. The van der Waals surface area contributed by atoms with E-state index in [-0.39, 0.29) is 4.21 Å². The molecule has 0 unspecified atom stereocenters. The van der Waals surface area contributed by atoms with Crippen molar-refractivity contribution in [2.24, 2.45) is 0 Å². The topological polar surface area (TPSA) is 37.4 Å². The molecule has 0 atom stereocenters. The summed E-state index contributed by atoms with van der Waals surface area (Å²) in [6.07, 6.45) is 0.632. The molecule has 0 aliphatic carbocycles. The van der Waals surface area contributed by atoms with Crippen LogP contribution in [0, 0.1) is 0 Å². The molecule has 3 rings (SSSR count). The van der Waals surface area contributed by atoms with Crippen LogP contribution in [0.5, 0.6) is 0 Å². The second-order valence-corrected chi connectivity index (χ2v) is 8.33. The number of hydrogen-bond acceptors (Lipinski definition) is 3. The highest BCUT2D eigenvalue weighted by Crippen LogP contribution is 2.38. The van der Waals surface area contributed by atoms with Gasteiger partial charge in [-0.2, -0.15) is 0 Å². The molecule has 0 amide bonds. The first-order chi connectivity index (χ1) is 9.00. The van der Waals surface area contributed by atoms with Crippen LogP contribution in [0.25, 0.3) is 0 Å². The first-order valence-electron chi connectivity index (χ1n) is 5.55. The van der Waals surface area contributed by atoms with E-state index in [0.717, 1.165) is 16.9 Å². The number of benzene rings is 1. The summed E-state index contributed by atoms with van der Waals surface area (Å²) in [5.74, 6) is 0. The Morgan fingerprint density at radius 1 is 1.16 bits per heavy atom. The molecule has 0 bridgehead atoms. The Balaban J connectivity index is 2.09. The first kappa shape index (κ1) is 13.2. The van der Waals surface area contributed by atoms with Crippen LogP contribution in [0.3, 0.4) is 0 Å². The predicted octanol–water partition coefficient (Wildman–Crippen LogP) is 3.81. The lowest BCUT2D eigenvalue weighted by molar-refractivity contribution is 0.594. The zero-order valence-corrected chi connectivity index (χ0v) is 12.8. The average Bonchev–Trinajstić information content (AvgIpc) is 2.96. The number of thiophene rings is 1. The number of fused-ring (bicyclic) bond motifs is 1. The molecule has 2 heterocycles. The van der Waals surface area contributed by atoms with Crippen molar-refractivity contribution in [3.63, 3.8) is 0 Å². The van der Waals surface area contributed by atoms with Crippen LogP contribution in [-0.2, 0) is 16.4 Å². The summed E-state index contributed by atoms with van der Waals surface area (Å²) in [5.41, 5.74) is 1.55. The predicted molar refractivity (Wildman–Crippen MR) is 79.0 cm³/mol. The van der Waals surface area contributed by atoms with Gasteiger partial charge in [0.2, 0.25) is 0 Å². The summed E-state index contributed by atoms with van der Waals surface area (Å²) in [4.78, 5) is 0. The Bertz CT molecular complexity index is 740. The molecule has 1 aromatic carbocycles. The molecular weight excluding hydrogens is 325 g/mol. The molecule has 0 N–H and O–H groups in total. The number of rotatable bonds is 2. The van der Waals surface area contributed by atoms with E-state index in [9.17, 15) is 8.42 Å². The van der Waals surface area contributed by atoms with E-state index < -0.39 is 10.0 Å². The second kappa shape index (κ2) is 4.66. The summed E-state index contributed by atoms with van der Waals surface area (Å²) in [6, 6.07) is 8.44. The van der Waals surface area contributed by atoms with E-state index in [0.29, 0.717) is 28.0 Å². The molecule has 1 aliphatic rings. The summed E-state index contributed by atoms with van der Waals surface area (Å²) < 4.78 is 27.2. The van der Waals surface area contributed by atoms with Gasteiger partial charge in [0.1, 0.15) is 4.21 Å². The Hall–Kier alpha value is -0.750. The minimum atomic E-state index is -3.54. The molecule has 3 nitrogen and oxygen atoms in total. The average molecular weight is 334 g/mol. The Labute approximate surface area is 125 Å². The fourth-order valence-electron chi connectivity index (χ4n) is 2.16. The van der Waals surface area contributed by atoms with Crippen LogP contribution in [0.2, 0.25) is 9.36 Å². The van der Waals surface area contributed by atoms with Gasteiger partial charge in [0, 0.05) is 11.6 Å². The van der Waals surface area contributed by atoms with Crippen molar-refractivity contribution in [1.29, 1.82) is 0 Å². The molecule has 0 saturated heterocycles. The first-order valence-corrected chi connectivity index (χ1v) is 8.57. The maximum absolute atomic E-state index is 12.6. The van der Waals surface area contributed by atoms with Crippen molar-refractivity contribution < 1.29 is 8.42 Å². The van der Waals surface area contributed by atoms with E-state index in [2.05, 4.69) is 0 Å². The highest BCUT2D eigenvalue weighted by Gasteiger charge is 2.32. The maximum atomic E-state index is 12.6. The number of anilines is 1. The van der Waals surface area contributed by atoms with Crippen LogP contribution < -0.4 is 4.31 Å². The van der Waals surface area contributed by atoms with Gasteiger partial charge in [0.15, 0.2) is 0 Å². The van der Waals surface area contributed by atoms with Gasteiger partial charge in [-0.1, -0.05) is 29.3 Å². The van der Waals surface area contributed by atoms with Crippen molar-refractivity contribution >= 4 is 50.2 Å². The molecule has 0 fully saturated rings. The van der Waals surface area contributed by atoms with Crippen molar-refractivity contribution in [2.75, 3.05) is 10.8 Å². The van der Waals surface area contributed by atoms with E-state index >= 15 is 0 Å². The minimum absolute atomic E-state index is 0.255. The quantitative estimate of drug-likeness (QED) is 0.838. The van der Waals surface area contributed by atoms with Crippen LogP contribution in [-0.4, -0.2) is 15.0 Å². The van der Waals surface area contributed by atoms with Crippen molar-refractivity contribution in [3.05, 3.63) is 45.3 Å². The molecule has 1 aliphatic heterocycles. The lowest BCUT2D eigenvalue weighted by Gasteiger charge is -2.18. The highest BCUT2D eigenvalue weighted by atomic mass is 35.5. The molecule has 1 aromatic heterocycles. The van der Waals surface area contributed by atoms with Gasteiger partial charge in [0.25, 0.3) is 10.0 Å². The molecule has 100 valence electrons. The molecule has 0 spiro atoms. The summed E-state index contributed by atoms with van der Waals surface area (Å²) in [7, 11) is -3.54. The minimum Gasteiger partial charge on any atom is -0.265 e. The van der Waals surface area contributed by atoms with Gasteiger partial charge < -0.3 is 0 Å². The normalized spacial score (nSPS) is 14.7. The molecule has 0 radical (unpaired) electrons. The van der Waals surface area contributed by atoms with Gasteiger partial charge in [-0.25, -0.2) is 8.42 Å². The SMILES string of the molecule is O=S(=O)(c1ccc(Cl)s1)N1CCc2c(Cl)cccc21. The Morgan fingerprint density at radius 2 is 1.95 bits per heavy atom. The number of halogens is 2. The van der Waals surface area contributed by atoms with Crippen LogP contribution in [0.1, 0.15) is 5.56 Å². The third kappa shape index (κ3) is 2.14. The highest BCUT2D eigenvalue weighted by molar-refractivity contribution is 7.94. The van der Waals surface area contributed by atoms with E-state index in [4.69, 9.17) is 23.2 Å². The fourth-order valence-corrected chi connectivity index (χ4v) is 5.51. The van der Waals surface area contributed by atoms with Crippen LogP contribution >= 0.6 is 34.5 Å². The third-order valence-electron chi connectivity index (χ3n) is 3.02. The van der Waals surface area contributed by atoms with Gasteiger partial charge >= 0.3 is 0 Å². The van der Waals surface area contributed by atoms with Gasteiger partial charge in [-0.3, -0.25) is 4.31 Å². The zero-order valence-electron chi connectivity index (χ0n) is 9.64. The van der Waals surface area contributed by atoms with Gasteiger partial charge in [0.05, 0.1) is 10.0 Å². The summed E-state index contributed by atoms with van der Waals surface area (Å²) in [5, 5.41) is 0.611. The largest absolute Gasteiger partial charge is 0.273 e. The van der Waals surface area contributed by atoms with E-state index in [1.807, 2.05) is 0 Å². The maximum Gasteiger partial charge on any atom is 0.273 e. The van der Waals surface area contributed by atoms with E-state index in [1.165, 1.54) is 10.4 Å². The third-order valence-corrected chi connectivity index (χ3v) is 6.89. The van der Waals surface area contributed by atoms with Crippen LogP contribution in [0.4, 0.5) is 5.69 Å². The smallest absolute Gasteiger partial charge is 0.265 e. The van der Waals surface area contributed by atoms with Crippen molar-refractivity contribution in [1.82, 2.24) is 0 Å². The molecule has 19 heavy (non-hydrogen) atoms. The van der Waals surface area contributed by atoms with Crippen LogP contribution in [0.15, 0.2) is 34.5 Å². The summed E-state index contributed by atoms with van der Waals surface area (Å²) in [6.45, 7) is 0.414. The zero-order chi connectivity index (χ0) is 13.6. The van der Waals surface area contributed by atoms with Gasteiger partial charge in [-0.05, 0) is 36.2 Å². The molecule has 0 saturated carbocycles. The Kier molecular flexibility index (Phi) is 3.25. The standard InChI is InChI=1S/C12H9Cl2NO2S2/c13-9-2-1-3-10-8(9)6-7-15(10)19(16,17)12-5-4-11(14)18-12/h1-5H,6-7H2. The van der Waals surface area contributed by atoms with E-state index in [1.54, 1.807) is 24.3 Å². The van der Waals surface area contributed by atoms with Crippen molar-refractivity contribution in [3.8, 4) is 0 Å². The lowest BCUT2D eigenvalue weighted by Crippen LogP contribution is -2.28. The second-order valence-electron chi connectivity index (χ2n) is 4.12. The lowest BCUT2D eigenvalue weighted by atomic mass is 10.2. The number of sulfonamides is 1. The number of nitrogens with zero attached hydrogens (tertiary/aromatic N) is 1. The Morgan fingerprint density at radius 3 is 2.63 bits per heavy atom. The monoisotopic (exact) mass is 333 g/mol. The molecule has 2 aromatic rings.